The summed E-state index contributed by atoms with van der Waals surface area (Å²) in [5.41, 5.74) is 7.72. The van der Waals surface area contributed by atoms with Crippen LogP contribution in [-0.2, 0) is 41.5 Å². The lowest BCUT2D eigenvalue weighted by atomic mass is 9.89. The summed E-state index contributed by atoms with van der Waals surface area (Å²) in [5.74, 6) is -3.26. The van der Waals surface area contributed by atoms with Crippen molar-refractivity contribution in [1.29, 1.82) is 0 Å². The van der Waals surface area contributed by atoms with Crippen molar-refractivity contribution in [3.05, 3.63) is 83.4 Å². The van der Waals surface area contributed by atoms with Gasteiger partial charge in [-0.3, -0.25) is 24.2 Å². The monoisotopic (exact) mass is 761 g/mol. The summed E-state index contributed by atoms with van der Waals surface area (Å²) in [5, 5.41) is 5.91. The van der Waals surface area contributed by atoms with Crippen molar-refractivity contribution >= 4 is 29.8 Å². The van der Waals surface area contributed by atoms with Crippen LogP contribution in [0.3, 0.4) is 0 Å². The van der Waals surface area contributed by atoms with E-state index >= 15 is 0 Å². The van der Waals surface area contributed by atoms with Gasteiger partial charge in [0.2, 0.25) is 11.8 Å². The fraction of sp³-hybridized carbons (Fsp3) is 0.558. The minimum atomic E-state index is -1.67. The van der Waals surface area contributed by atoms with E-state index in [0.717, 1.165) is 21.6 Å². The molecule has 0 bridgehead atoms. The Hall–Kier alpha value is -4.55. The molecule has 12 nitrogen and oxygen atoms in total. The molecule has 55 heavy (non-hydrogen) atoms. The second kappa shape index (κ2) is 19.9. The van der Waals surface area contributed by atoms with Crippen LogP contribution in [0.15, 0.2) is 72.3 Å². The van der Waals surface area contributed by atoms with E-state index in [1.54, 1.807) is 41.5 Å². The Morgan fingerprint density at radius 2 is 1.49 bits per heavy atom. The lowest BCUT2D eigenvalue weighted by molar-refractivity contribution is -0.169. The quantitative estimate of drug-likeness (QED) is 0.160. The summed E-state index contributed by atoms with van der Waals surface area (Å²) in [7, 11) is 1.24. The summed E-state index contributed by atoms with van der Waals surface area (Å²) in [6.45, 7) is 16.7. The molecule has 12 heteroatoms. The summed E-state index contributed by atoms with van der Waals surface area (Å²) in [6.07, 6.45) is 2.77. The van der Waals surface area contributed by atoms with E-state index in [9.17, 15) is 24.0 Å². The van der Waals surface area contributed by atoms with Crippen molar-refractivity contribution in [2.45, 2.75) is 117 Å². The summed E-state index contributed by atoms with van der Waals surface area (Å²) in [6, 6.07) is 16.9. The highest BCUT2D eigenvalue weighted by Gasteiger charge is 2.51. The van der Waals surface area contributed by atoms with Crippen molar-refractivity contribution in [3.63, 3.8) is 0 Å². The lowest BCUT2D eigenvalue weighted by Gasteiger charge is -2.46. The molecular formula is C43H63N5O7. The molecule has 1 aliphatic rings. The van der Waals surface area contributed by atoms with Crippen LogP contribution in [0.5, 0.6) is 0 Å². The number of ether oxygens (including phenoxy) is 2. The molecule has 3 rings (SSSR count). The molecule has 5 atom stereocenters. The van der Waals surface area contributed by atoms with E-state index in [1.165, 1.54) is 7.11 Å². The third-order valence-corrected chi connectivity index (χ3v) is 10.0. The van der Waals surface area contributed by atoms with E-state index in [1.807, 2.05) is 86.3 Å². The minimum absolute atomic E-state index is 0.00622. The van der Waals surface area contributed by atoms with Crippen molar-refractivity contribution in [2.24, 2.45) is 23.5 Å². The molecule has 0 fully saturated rings. The number of nitrogens with one attached hydrogen (secondary N) is 2. The van der Waals surface area contributed by atoms with Gasteiger partial charge in [0.05, 0.1) is 7.11 Å². The fourth-order valence-electron chi connectivity index (χ4n) is 7.03. The second-order valence-electron chi connectivity index (χ2n) is 16.1. The fourth-order valence-corrected chi connectivity index (χ4v) is 7.03. The topological polar surface area (TPSA) is 160 Å². The molecule has 4 N–H and O–H groups in total. The van der Waals surface area contributed by atoms with Crippen LogP contribution in [0, 0.1) is 17.8 Å². The van der Waals surface area contributed by atoms with Crippen LogP contribution in [0.4, 0.5) is 4.79 Å². The molecule has 1 aliphatic heterocycles. The summed E-state index contributed by atoms with van der Waals surface area (Å²) < 4.78 is 10.6. The number of methoxy groups -OCH3 is 1. The number of carbonyl (C=O) groups is 5. The lowest BCUT2D eigenvalue weighted by Crippen LogP contribution is -2.71. The third kappa shape index (κ3) is 12.2. The summed E-state index contributed by atoms with van der Waals surface area (Å²) in [4.78, 5) is 71.2. The van der Waals surface area contributed by atoms with E-state index < -0.39 is 65.1 Å². The second-order valence-corrected chi connectivity index (χ2v) is 16.1. The van der Waals surface area contributed by atoms with Crippen LogP contribution >= 0.6 is 0 Å². The van der Waals surface area contributed by atoms with Gasteiger partial charge in [0.15, 0.2) is 5.66 Å². The smallest absolute Gasteiger partial charge is 0.408 e. The number of rotatable bonds is 15. The van der Waals surface area contributed by atoms with Gasteiger partial charge in [-0.15, -0.1) is 0 Å². The number of nitrogens with two attached hydrogens (primary N) is 1. The van der Waals surface area contributed by atoms with Crippen molar-refractivity contribution in [2.75, 3.05) is 20.2 Å². The Morgan fingerprint density at radius 3 is 2.00 bits per heavy atom. The first-order chi connectivity index (χ1) is 25.8. The molecule has 0 saturated carbocycles. The van der Waals surface area contributed by atoms with Gasteiger partial charge in [0, 0.05) is 32.0 Å². The normalized spacial score (nSPS) is 17.8. The molecule has 0 saturated heterocycles. The molecule has 2 aromatic carbocycles. The predicted molar refractivity (Wildman–Crippen MR) is 213 cm³/mol. The van der Waals surface area contributed by atoms with Gasteiger partial charge >= 0.3 is 12.1 Å². The molecule has 2 aromatic rings. The number of nitrogens with zero attached hydrogens (tertiary/aromatic N) is 2. The van der Waals surface area contributed by atoms with E-state index in [0.29, 0.717) is 25.9 Å². The molecule has 0 spiro atoms. The third-order valence-electron chi connectivity index (χ3n) is 10.0. The molecule has 4 amide bonds. The Balaban J connectivity index is 2.00. The average molecular weight is 762 g/mol. The Kier molecular flexibility index (Phi) is 16.2. The zero-order valence-corrected chi connectivity index (χ0v) is 34.4. The number of alkyl carbamates (subject to hydrolysis) is 1. The average Bonchev–Trinajstić information content (AvgIpc) is 3.35. The largest absolute Gasteiger partial charge is 0.467 e. The van der Waals surface area contributed by atoms with Crippen LogP contribution in [-0.4, -0.2) is 89.2 Å². The maximum Gasteiger partial charge on any atom is 0.408 e. The van der Waals surface area contributed by atoms with Gasteiger partial charge in [-0.2, -0.15) is 0 Å². The Morgan fingerprint density at radius 1 is 0.909 bits per heavy atom. The number of carbonyl (C=O) groups excluding carboxylic acids is 5. The summed E-state index contributed by atoms with van der Waals surface area (Å²) >= 11 is 0. The maximum atomic E-state index is 14.8. The number of benzene rings is 2. The number of hydrogen-bond donors (Lipinski definition) is 3. The molecular weight excluding hydrogens is 699 g/mol. The maximum absolute atomic E-state index is 14.8. The predicted octanol–water partition coefficient (Wildman–Crippen LogP) is 5.39. The number of esters is 1. The van der Waals surface area contributed by atoms with E-state index in [-0.39, 0.29) is 24.7 Å². The van der Waals surface area contributed by atoms with Crippen LogP contribution < -0.4 is 16.4 Å². The van der Waals surface area contributed by atoms with E-state index in [4.69, 9.17) is 15.2 Å². The van der Waals surface area contributed by atoms with Gasteiger partial charge in [0.1, 0.15) is 17.7 Å². The highest BCUT2D eigenvalue weighted by Crippen LogP contribution is 2.31. The van der Waals surface area contributed by atoms with Gasteiger partial charge < -0.3 is 25.8 Å². The molecule has 0 radical (unpaired) electrons. The molecule has 0 aromatic heterocycles. The molecule has 2 unspecified atom stereocenters. The van der Waals surface area contributed by atoms with Gasteiger partial charge in [-0.05, 0) is 69.4 Å². The molecule has 302 valence electrons. The minimum Gasteiger partial charge on any atom is -0.467 e. The van der Waals surface area contributed by atoms with Gasteiger partial charge in [0.25, 0.3) is 5.91 Å². The first-order valence-electron chi connectivity index (χ1n) is 19.4. The van der Waals surface area contributed by atoms with Crippen LogP contribution in [0.25, 0.3) is 0 Å². The first-order valence-corrected chi connectivity index (χ1v) is 19.4. The highest BCUT2D eigenvalue weighted by molar-refractivity contribution is 6.03. The van der Waals surface area contributed by atoms with Crippen LogP contribution in [0.2, 0.25) is 0 Å². The molecule has 1 heterocycles. The van der Waals surface area contributed by atoms with Crippen molar-refractivity contribution in [3.8, 4) is 0 Å². The molecule has 0 aliphatic carbocycles. The van der Waals surface area contributed by atoms with Crippen LogP contribution in [0.1, 0.15) is 86.3 Å². The van der Waals surface area contributed by atoms with Gasteiger partial charge in [-0.1, -0.05) is 107 Å². The number of imide groups is 1. The zero-order valence-electron chi connectivity index (χ0n) is 34.4. The van der Waals surface area contributed by atoms with Gasteiger partial charge in [-0.25, -0.2) is 9.59 Å². The van der Waals surface area contributed by atoms with Crippen molar-refractivity contribution in [1.82, 2.24) is 20.4 Å². The first kappa shape index (κ1) is 44.8. The number of amides is 4. The Labute approximate surface area is 327 Å². The SMILES string of the molecule is CCC(=O)N(C(=O)[C@@](N)(C(C)C)N1CCC(C(C)NC(=O)[C@H](Cc2ccccc2)NC(=O)OC(C)(C)C)=CC(Cc2ccccc2)C1)[C@H](C(=O)OC)C(C)C. The standard InChI is InChI=1S/C43H63N5O7/c1-11-36(49)48(37(28(2)3)39(51)54-10)40(52)43(44,29(4)5)47-23-22-34(25-33(27-47)24-31-18-14-12-15-19-31)30(6)45-38(50)35(26-32-20-16-13-17-21-32)46-41(53)55-42(7,8)9/h12-21,25,28-30,33,35,37H,11,22-24,26-27,44H2,1-10H3,(H,45,50)(H,46,53)/t30?,33?,35-,37-,43+/m0/s1. The van der Waals surface area contributed by atoms with E-state index in [2.05, 4.69) is 16.7 Å². The highest BCUT2D eigenvalue weighted by atomic mass is 16.6. The van der Waals surface area contributed by atoms with Crippen molar-refractivity contribution < 1.29 is 33.4 Å². The zero-order chi connectivity index (χ0) is 41.1. The number of hydrogen-bond acceptors (Lipinski definition) is 9. The Bertz CT molecular complexity index is 1640.